The van der Waals surface area contributed by atoms with Gasteiger partial charge < -0.3 is 10.8 Å². The summed E-state index contributed by atoms with van der Waals surface area (Å²) in [6.45, 7) is 8.95. The molecule has 0 amide bonds. The van der Waals surface area contributed by atoms with E-state index in [1.807, 2.05) is 0 Å². The van der Waals surface area contributed by atoms with Crippen molar-refractivity contribution in [2.75, 3.05) is 0 Å². The SMILES string of the molecule is CC12CCC(C)(C(O)C1N)C2(C)C. The Kier molecular flexibility index (Phi) is 1.54. The van der Waals surface area contributed by atoms with Crippen molar-refractivity contribution in [2.24, 2.45) is 22.0 Å². The normalized spacial score (nSPS) is 58.6. The van der Waals surface area contributed by atoms with Gasteiger partial charge in [0.05, 0.1) is 6.10 Å². The average molecular weight is 183 g/mol. The summed E-state index contributed by atoms with van der Waals surface area (Å²) in [6, 6.07) is -0.0405. The minimum Gasteiger partial charge on any atom is -0.391 e. The molecule has 0 aliphatic heterocycles. The Morgan fingerprint density at radius 1 is 1.08 bits per heavy atom. The summed E-state index contributed by atoms with van der Waals surface area (Å²) in [7, 11) is 0. The van der Waals surface area contributed by atoms with Crippen LogP contribution in [0.5, 0.6) is 0 Å². The summed E-state index contributed by atoms with van der Waals surface area (Å²) in [6.07, 6.45) is 1.96. The average Bonchev–Trinajstić information content (AvgIpc) is 2.28. The van der Waals surface area contributed by atoms with Crippen LogP contribution in [-0.4, -0.2) is 17.3 Å². The number of hydrogen-bond acceptors (Lipinski definition) is 2. The van der Waals surface area contributed by atoms with Gasteiger partial charge in [0.25, 0.3) is 0 Å². The van der Waals surface area contributed by atoms with Crippen LogP contribution in [0.2, 0.25) is 0 Å². The van der Waals surface area contributed by atoms with E-state index in [-0.39, 0.29) is 28.4 Å². The summed E-state index contributed by atoms with van der Waals surface area (Å²) in [5.41, 5.74) is 6.43. The van der Waals surface area contributed by atoms with E-state index in [1.165, 1.54) is 0 Å². The van der Waals surface area contributed by atoms with Gasteiger partial charge in [0.1, 0.15) is 0 Å². The van der Waals surface area contributed by atoms with Gasteiger partial charge in [-0.15, -0.1) is 0 Å². The van der Waals surface area contributed by atoms with E-state index in [2.05, 4.69) is 27.7 Å². The van der Waals surface area contributed by atoms with Crippen LogP contribution < -0.4 is 5.73 Å². The molecule has 2 nitrogen and oxygen atoms in total. The van der Waals surface area contributed by atoms with Crippen molar-refractivity contribution in [3.63, 3.8) is 0 Å². The number of hydrogen-bond donors (Lipinski definition) is 2. The van der Waals surface area contributed by atoms with Crippen LogP contribution in [0.4, 0.5) is 0 Å². The number of rotatable bonds is 0. The highest BCUT2D eigenvalue weighted by molar-refractivity contribution is 5.22. The Hall–Kier alpha value is -0.0800. The highest BCUT2D eigenvalue weighted by Crippen LogP contribution is 2.71. The first-order valence-electron chi connectivity index (χ1n) is 5.21. The van der Waals surface area contributed by atoms with Crippen molar-refractivity contribution in [3.05, 3.63) is 0 Å². The Morgan fingerprint density at radius 3 is 1.77 bits per heavy atom. The van der Waals surface area contributed by atoms with Crippen molar-refractivity contribution in [1.82, 2.24) is 0 Å². The molecule has 0 aromatic heterocycles. The van der Waals surface area contributed by atoms with Crippen molar-refractivity contribution >= 4 is 0 Å². The van der Waals surface area contributed by atoms with Gasteiger partial charge in [-0.25, -0.2) is 0 Å². The molecule has 13 heavy (non-hydrogen) atoms. The maximum Gasteiger partial charge on any atom is 0.0755 e. The van der Waals surface area contributed by atoms with Gasteiger partial charge >= 0.3 is 0 Å². The smallest absolute Gasteiger partial charge is 0.0755 e. The second-order valence-electron chi connectivity index (χ2n) is 5.93. The Morgan fingerprint density at radius 2 is 1.54 bits per heavy atom. The van der Waals surface area contributed by atoms with E-state index < -0.39 is 0 Å². The molecule has 2 fully saturated rings. The van der Waals surface area contributed by atoms with Crippen LogP contribution >= 0.6 is 0 Å². The Balaban J connectivity index is 2.54. The molecule has 4 atom stereocenters. The van der Waals surface area contributed by atoms with E-state index in [0.29, 0.717) is 0 Å². The fourth-order valence-corrected chi connectivity index (χ4v) is 3.64. The van der Waals surface area contributed by atoms with Gasteiger partial charge in [-0.1, -0.05) is 27.7 Å². The van der Waals surface area contributed by atoms with Crippen LogP contribution in [0.3, 0.4) is 0 Å². The second-order valence-corrected chi connectivity index (χ2v) is 5.93. The molecule has 2 heteroatoms. The molecule has 2 aliphatic rings. The number of aliphatic hydroxyl groups is 1. The van der Waals surface area contributed by atoms with Crippen LogP contribution in [-0.2, 0) is 0 Å². The van der Waals surface area contributed by atoms with Gasteiger partial charge in [0.2, 0.25) is 0 Å². The predicted molar refractivity (Wildman–Crippen MR) is 53.2 cm³/mol. The largest absolute Gasteiger partial charge is 0.391 e. The first kappa shape index (κ1) is 9.47. The first-order valence-corrected chi connectivity index (χ1v) is 5.21. The molecule has 4 unspecified atom stereocenters. The molecule has 2 bridgehead atoms. The van der Waals surface area contributed by atoms with Crippen molar-refractivity contribution in [3.8, 4) is 0 Å². The number of nitrogens with two attached hydrogens (primary N) is 1. The summed E-state index contributed by atoms with van der Waals surface area (Å²) in [5, 5.41) is 10.1. The van der Waals surface area contributed by atoms with Gasteiger partial charge in [0.15, 0.2) is 0 Å². The Labute approximate surface area is 80.5 Å². The zero-order chi connectivity index (χ0) is 10.1. The zero-order valence-electron chi connectivity index (χ0n) is 9.09. The maximum absolute atomic E-state index is 10.1. The molecule has 2 rings (SSSR count). The van der Waals surface area contributed by atoms with Gasteiger partial charge in [-0.3, -0.25) is 0 Å². The van der Waals surface area contributed by atoms with E-state index in [0.717, 1.165) is 12.8 Å². The fraction of sp³-hybridized carbons (Fsp3) is 1.00. The molecule has 76 valence electrons. The molecule has 0 saturated heterocycles. The Bertz CT molecular complexity index is 221. The molecule has 3 N–H and O–H groups in total. The molecular formula is C11H21NO. The maximum atomic E-state index is 10.1. The molecule has 0 spiro atoms. The molecule has 0 aromatic carbocycles. The van der Waals surface area contributed by atoms with Crippen LogP contribution in [0.1, 0.15) is 40.5 Å². The van der Waals surface area contributed by atoms with E-state index in [4.69, 9.17) is 5.73 Å². The molecule has 0 aromatic rings. The van der Waals surface area contributed by atoms with Gasteiger partial charge in [-0.05, 0) is 23.7 Å². The lowest BCUT2D eigenvalue weighted by Crippen LogP contribution is -2.47. The molecular weight excluding hydrogens is 162 g/mol. The number of aliphatic hydroxyl groups excluding tert-OH is 1. The zero-order valence-corrected chi connectivity index (χ0v) is 9.09. The second kappa shape index (κ2) is 2.12. The topological polar surface area (TPSA) is 46.2 Å². The van der Waals surface area contributed by atoms with Crippen molar-refractivity contribution in [2.45, 2.75) is 52.7 Å². The molecule has 2 aliphatic carbocycles. The van der Waals surface area contributed by atoms with E-state index in [9.17, 15) is 5.11 Å². The van der Waals surface area contributed by atoms with Crippen molar-refractivity contribution in [1.29, 1.82) is 0 Å². The highest BCUT2D eigenvalue weighted by Gasteiger charge is 2.70. The van der Waals surface area contributed by atoms with Crippen LogP contribution in [0.25, 0.3) is 0 Å². The van der Waals surface area contributed by atoms with Crippen LogP contribution in [0.15, 0.2) is 0 Å². The minimum atomic E-state index is -0.318. The summed E-state index contributed by atoms with van der Waals surface area (Å²) >= 11 is 0. The minimum absolute atomic E-state index is 0.0289. The summed E-state index contributed by atoms with van der Waals surface area (Å²) in [5.74, 6) is 0. The lowest BCUT2D eigenvalue weighted by atomic mass is 9.65. The highest BCUT2D eigenvalue weighted by atomic mass is 16.3. The quantitative estimate of drug-likeness (QED) is 0.598. The van der Waals surface area contributed by atoms with Crippen LogP contribution in [0, 0.1) is 16.2 Å². The number of fused-ring (bicyclic) bond motifs is 2. The van der Waals surface area contributed by atoms with E-state index in [1.54, 1.807) is 0 Å². The third-order valence-electron chi connectivity index (χ3n) is 5.75. The molecule has 0 heterocycles. The molecule has 0 radical (unpaired) electrons. The summed E-state index contributed by atoms with van der Waals surface area (Å²) in [4.78, 5) is 0. The fourth-order valence-electron chi connectivity index (χ4n) is 3.64. The predicted octanol–water partition coefficient (Wildman–Crippen LogP) is 1.52. The van der Waals surface area contributed by atoms with Gasteiger partial charge in [-0.2, -0.15) is 0 Å². The lowest BCUT2D eigenvalue weighted by molar-refractivity contribution is 0.00575. The van der Waals surface area contributed by atoms with E-state index >= 15 is 0 Å². The lowest BCUT2D eigenvalue weighted by Gasteiger charge is -2.39. The third kappa shape index (κ3) is 0.701. The molecule has 2 saturated carbocycles. The first-order chi connectivity index (χ1) is 5.77. The monoisotopic (exact) mass is 183 g/mol. The van der Waals surface area contributed by atoms with Gasteiger partial charge in [0, 0.05) is 11.5 Å². The third-order valence-corrected chi connectivity index (χ3v) is 5.75. The summed E-state index contributed by atoms with van der Waals surface area (Å²) < 4.78 is 0. The standard InChI is InChI=1S/C11H21NO/c1-9(2)10(3)5-6-11(9,4)8(13)7(10)12/h7-8,13H,5-6,12H2,1-4H3. The van der Waals surface area contributed by atoms with Crippen molar-refractivity contribution < 1.29 is 5.11 Å².